The number of hydrogen-bond donors (Lipinski definition) is 2. The van der Waals surface area contributed by atoms with Crippen LogP contribution < -0.4 is 10.6 Å². The summed E-state index contributed by atoms with van der Waals surface area (Å²) in [6.45, 7) is 2.38. The van der Waals surface area contributed by atoms with Gasteiger partial charge in [-0.2, -0.15) is 5.10 Å². The number of ether oxygens (including phenoxy) is 1. The summed E-state index contributed by atoms with van der Waals surface area (Å²) in [5.74, 6) is 0.832. The first-order valence-electron chi connectivity index (χ1n) is 8.81. The molecule has 6 heteroatoms. The lowest BCUT2D eigenvalue weighted by atomic mass is 10.1. The number of aliphatic imine (C=N–C) groups is 1. The van der Waals surface area contributed by atoms with E-state index in [4.69, 9.17) is 4.74 Å². The molecule has 0 radical (unpaired) electrons. The normalized spacial score (nSPS) is 17.0. The molecule has 1 saturated carbocycles. The minimum atomic E-state index is 0.458. The van der Waals surface area contributed by atoms with Crippen LogP contribution >= 0.6 is 0 Å². The van der Waals surface area contributed by atoms with Crippen LogP contribution in [0.25, 0.3) is 0 Å². The molecule has 2 N–H and O–H groups in total. The van der Waals surface area contributed by atoms with Crippen molar-refractivity contribution < 1.29 is 4.74 Å². The standard InChI is InChI=1S/C17H31N5O/c1-18-17(19-10-9-15-13-21-22(2)14-15)20-11-12-23-16-7-5-3-4-6-8-16/h13-14,16H,3-12H2,1-2H3,(H2,18,19,20). The van der Waals surface area contributed by atoms with Crippen LogP contribution in [0.4, 0.5) is 0 Å². The van der Waals surface area contributed by atoms with Gasteiger partial charge in [0.15, 0.2) is 5.96 Å². The van der Waals surface area contributed by atoms with Gasteiger partial charge in [0.1, 0.15) is 0 Å². The van der Waals surface area contributed by atoms with E-state index < -0.39 is 0 Å². The summed E-state index contributed by atoms with van der Waals surface area (Å²) in [5.41, 5.74) is 1.23. The highest BCUT2D eigenvalue weighted by Crippen LogP contribution is 2.19. The van der Waals surface area contributed by atoms with Crippen LogP contribution in [0.3, 0.4) is 0 Å². The number of hydrogen-bond acceptors (Lipinski definition) is 3. The predicted octanol–water partition coefficient (Wildman–Crippen LogP) is 1.87. The number of aromatic nitrogens is 2. The van der Waals surface area contributed by atoms with E-state index in [0.717, 1.165) is 32.1 Å². The van der Waals surface area contributed by atoms with Crippen molar-refractivity contribution >= 4 is 5.96 Å². The molecule has 130 valence electrons. The molecule has 0 atom stereocenters. The molecule has 1 aromatic rings. The predicted molar refractivity (Wildman–Crippen MR) is 93.7 cm³/mol. The Morgan fingerprint density at radius 3 is 2.65 bits per heavy atom. The van der Waals surface area contributed by atoms with Gasteiger partial charge in [-0.05, 0) is 24.8 Å². The summed E-state index contributed by atoms with van der Waals surface area (Å²) in [6.07, 6.45) is 13.1. The van der Waals surface area contributed by atoms with Crippen LogP contribution in [0.1, 0.15) is 44.1 Å². The molecule has 23 heavy (non-hydrogen) atoms. The van der Waals surface area contributed by atoms with E-state index in [-0.39, 0.29) is 0 Å². The number of guanidine groups is 1. The lowest BCUT2D eigenvalue weighted by Gasteiger charge is -2.16. The van der Waals surface area contributed by atoms with Crippen molar-refractivity contribution in [1.29, 1.82) is 0 Å². The van der Waals surface area contributed by atoms with Crippen LogP contribution in [0.5, 0.6) is 0 Å². The Bertz CT molecular complexity index is 463. The zero-order chi connectivity index (χ0) is 16.3. The van der Waals surface area contributed by atoms with Crippen molar-refractivity contribution in [1.82, 2.24) is 20.4 Å². The highest BCUT2D eigenvalue weighted by molar-refractivity contribution is 5.79. The number of rotatable bonds is 7. The molecule has 1 heterocycles. The first-order valence-corrected chi connectivity index (χ1v) is 8.81. The molecule has 1 fully saturated rings. The second-order valence-corrected chi connectivity index (χ2v) is 6.18. The zero-order valence-corrected chi connectivity index (χ0v) is 14.6. The van der Waals surface area contributed by atoms with Gasteiger partial charge in [0.25, 0.3) is 0 Å². The molecule has 1 aliphatic rings. The SMILES string of the molecule is CN=C(NCCOC1CCCCCC1)NCCc1cnn(C)c1. The monoisotopic (exact) mass is 321 g/mol. The smallest absolute Gasteiger partial charge is 0.191 e. The average Bonchev–Trinajstić information content (AvgIpc) is 2.81. The maximum Gasteiger partial charge on any atom is 0.191 e. The van der Waals surface area contributed by atoms with E-state index in [1.807, 2.05) is 24.1 Å². The molecule has 0 aromatic carbocycles. The third-order valence-corrected chi connectivity index (χ3v) is 4.24. The van der Waals surface area contributed by atoms with Gasteiger partial charge in [0, 0.05) is 33.4 Å². The lowest BCUT2D eigenvalue weighted by Crippen LogP contribution is -2.40. The number of nitrogens with one attached hydrogen (secondary N) is 2. The van der Waals surface area contributed by atoms with Crippen LogP contribution in [0.2, 0.25) is 0 Å². The average molecular weight is 321 g/mol. The molecule has 2 rings (SSSR count). The summed E-state index contributed by atoms with van der Waals surface area (Å²) in [6, 6.07) is 0. The van der Waals surface area contributed by atoms with E-state index in [0.29, 0.717) is 6.10 Å². The Hall–Kier alpha value is -1.56. The fourth-order valence-corrected chi connectivity index (χ4v) is 2.95. The molecule has 0 unspecified atom stereocenters. The molecule has 6 nitrogen and oxygen atoms in total. The number of nitrogens with zero attached hydrogens (tertiary/aromatic N) is 3. The van der Waals surface area contributed by atoms with Crippen LogP contribution in [0.15, 0.2) is 17.4 Å². The molecule has 0 bridgehead atoms. The molecular formula is C17H31N5O. The largest absolute Gasteiger partial charge is 0.376 e. The minimum absolute atomic E-state index is 0.458. The fourth-order valence-electron chi connectivity index (χ4n) is 2.95. The zero-order valence-electron chi connectivity index (χ0n) is 14.6. The van der Waals surface area contributed by atoms with Gasteiger partial charge in [-0.25, -0.2) is 0 Å². The quantitative estimate of drug-likeness (QED) is 0.348. The van der Waals surface area contributed by atoms with Crippen molar-refractivity contribution in [2.45, 2.75) is 51.0 Å². The summed E-state index contributed by atoms with van der Waals surface area (Å²) in [5, 5.41) is 10.8. The van der Waals surface area contributed by atoms with Gasteiger partial charge in [0.2, 0.25) is 0 Å². The van der Waals surface area contributed by atoms with Gasteiger partial charge >= 0.3 is 0 Å². The molecule has 0 amide bonds. The van der Waals surface area contributed by atoms with Crippen LogP contribution in [-0.2, 0) is 18.2 Å². The maximum absolute atomic E-state index is 5.98. The fraction of sp³-hybridized carbons (Fsp3) is 0.765. The molecule has 1 aliphatic carbocycles. The molecule has 0 saturated heterocycles. The molecule has 1 aromatic heterocycles. The Balaban J connectivity index is 1.55. The Morgan fingerprint density at radius 1 is 1.26 bits per heavy atom. The second kappa shape index (κ2) is 10.3. The summed E-state index contributed by atoms with van der Waals surface area (Å²) < 4.78 is 7.80. The third-order valence-electron chi connectivity index (χ3n) is 4.24. The highest BCUT2D eigenvalue weighted by atomic mass is 16.5. The lowest BCUT2D eigenvalue weighted by molar-refractivity contribution is 0.0468. The van der Waals surface area contributed by atoms with Crippen molar-refractivity contribution in [3.05, 3.63) is 18.0 Å². The highest BCUT2D eigenvalue weighted by Gasteiger charge is 2.12. The van der Waals surface area contributed by atoms with E-state index in [9.17, 15) is 0 Å². The van der Waals surface area contributed by atoms with E-state index >= 15 is 0 Å². The first kappa shape index (κ1) is 17.8. The van der Waals surface area contributed by atoms with E-state index in [1.54, 1.807) is 7.05 Å². The molecular weight excluding hydrogens is 290 g/mol. The van der Waals surface area contributed by atoms with Crippen molar-refractivity contribution in [2.24, 2.45) is 12.0 Å². The minimum Gasteiger partial charge on any atom is -0.376 e. The molecule has 0 aliphatic heterocycles. The van der Waals surface area contributed by atoms with Gasteiger partial charge in [-0.3, -0.25) is 9.67 Å². The van der Waals surface area contributed by atoms with Crippen molar-refractivity contribution in [3.63, 3.8) is 0 Å². The van der Waals surface area contributed by atoms with Gasteiger partial charge in [-0.15, -0.1) is 0 Å². The van der Waals surface area contributed by atoms with Crippen molar-refractivity contribution in [3.8, 4) is 0 Å². The second-order valence-electron chi connectivity index (χ2n) is 6.18. The number of aryl methyl sites for hydroxylation is 1. The first-order chi connectivity index (χ1) is 11.3. The van der Waals surface area contributed by atoms with Crippen LogP contribution in [-0.4, -0.2) is 48.6 Å². The molecule has 0 spiro atoms. The van der Waals surface area contributed by atoms with Gasteiger partial charge < -0.3 is 15.4 Å². The summed E-state index contributed by atoms with van der Waals surface area (Å²) in [7, 11) is 3.73. The summed E-state index contributed by atoms with van der Waals surface area (Å²) >= 11 is 0. The van der Waals surface area contributed by atoms with E-state index in [2.05, 4.69) is 20.7 Å². The maximum atomic E-state index is 5.98. The Kier molecular flexibility index (Phi) is 7.93. The van der Waals surface area contributed by atoms with Crippen LogP contribution in [0, 0.1) is 0 Å². The topological polar surface area (TPSA) is 63.5 Å². The third kappa shape index (κ3) is 7.03. The van der Waals surface area contributed by atoms with Gasteiger partial charge in [0.05, 0.1) is 18.9 Å². The van der Waals surface area contributed by atoms with Crippen molar-refractivity contribution in [2.75, 3.05) is 26.7 Å². The Morgan fingerprint density at radius 2 is 2.00 bits per heavy atom. The van der Waals surface area contributed by atoms with E-state index in [1.165, 1.54) is 44.1 Å². The Labute approximate surface area is 139 Å². The van der Waals surface area contributed by atoms with Gasteiger partial charge in [-0.1, -0.05) is 25.7 Å². The summed E-state index contributed by atoms with van der Waals surface area (Å²) in [4.78, 5) is 4.24.